The Hall–Kier alpha value is -5.23. The number of amides is 2. The van der Waals surface area contributed by atoms with Crippen molar-refractivity contribution in [3.63, 3.8) is 0 Å². The molecule has 6 N–H and O–H groups in total. The fraction of sp³-hybridized carbons (Fsp3) is 0.293. The van der Waals surface area contributed by atoms with Crippen LogP contribution >= 0.6 is 0 Å². The van der Waals surface area contributed by atoms with Crippen LogP contribution in [0.25, 0.3) is 22.0 Å². The van der Waals surface area contributed by atoms with Gasteiger partial charge in [-0.1, -0.05) is 75.4 Å². The molecule has 0 saturated heterocycles. The van der Waals surface area contributed by atoms with Gasteiger partial charge in [-0.3, -0.25) is 14.9 Å². The van der Waals surface area contributed by atoms with Gasteiger partial charge >= 0.3 is 6.09 Å². The van der Waals surface area contributed by atoms with Gasteiger partial charge in [0.2, 0.25) is 11.5 Å². The lowest BCUT2D eigenvalue weighted by Crippen LogP contribution is -2.43. The van der Waals surface area contributed by atoms with E-state index in [1.165, 1.54) is 6.07 Å². The topological polar surface area (TPSA) is 153 Å². The third-order valence-electron chi connectivity index (χ3n) is 9.67. The van der Waals surface area contributed by atoms with Gasteiger partial charge in [-0.05, 0) is 89.6 Å². The van der Waals surface area contributed by atoms with E-state index in [9.17, 15) is 24.6 Å². The molecule has 0 fully saturated rings. The number of hydrogen-bond acceptors (Lipinski definition) is 6. The van der Waals surface area contributed by atoms with Gasteiger partial charge in [-0.15, -0.1) is 0 Å². The molecule has 4 aromatic carbocycles. The van der Waals surface area contributed by atoms with Crippen molar-refractivity contribution in [1.82, 2.24) is 10.3 Å². The number of anilines is 2. The summed E-state index contributed by atoms with van der Waals surface area (Å²) in [5, 5.41) is 29.5. The second-order valence-corrected chi connectivity index (χ2v) is 19.3. The van der Waals surface area contributed by atoms with Crippen LogP contribution in [-0.4, -0.2) is 42.1 Å². The quantitative estimate of drug-likeness (QED) is 0.0627. The van der Waals surface area contributed by atoms with E-state index in [2.05, 4.69) is 54.8 Å². The summed E-state index contributed by atoms with van der Waals surface area (Å²) in [6.07, 6.45) is 0.208. The first-order valence-corrected chi connectivity index (χ1v) is 20.4. The van der Waals surface area contributed by atoms with Gasteiger partial charge in [-0.2, -0.15) is 0 Å². The summed E-state index contributed by atoms with van der Waals surface area (Å²) >= 11 is 0. The minimum atomic E-state index is -2.21. The Balaban J connectivity index is 1.17. The van der Waals surface area contributed by atoms with Gasteiger partial charge < -0.3 is 30.3 Å². The van der Waals surface area contributed by atoms with Crippen molar-refractivity contribution in [2.45, 2.75) is 70.8 Å². The highest BCUT2D eigenvalue weighted by molar-refractivity contribution is 6.74. The number of rotatable bonds is 14. The van der Waals surface area contributed by atoms with E-state index in [1.807, 2.05) is 72.8 Å². The summed E-state index contributed by atoms with van der Waals surface area (Å²) in [6.45, 7) is 12.1. The Bertz CT molecular complexity index is 2070. The first-order valence-electron chi connectivity index (χ1n) is 17.5. The molecule has 0 spiro atoms. The van der Waals surface area contributed by atoms with Crippen LogP contribution in [0.2, 0.25) is 18.1 Å². The molecule has 1 heterocycles. The predicted octanol–water partition coefficient (Wildman–Crippen LogP) is 8.80. The lowest BCUT2D eigenvalue weighted by atomic mass is 9.98. The number of pyridine rings is 1. The van der Waals surface area contributed by atoms with Gasteiger partial charge in [0, 0.05) is 42.2 Å². The van der Waals surface area contributed by atoms with Gasteiger partial charge in [0.25, 0.3) is 0 Å². The molecule has 0 bridgehead atoms. The maximum absolute atomic E-state index is 12.8. The fourth-order valence-corrected chi connectivity index (χ4v) is 7.12. The molecule has 5 rings (SSSR count). The first-order chi connectivity index (χ1) is 24.7. The van der Waals surface area contributed by atoms with Crippen LogP contribution in [0.3, 0.4) is 0 Å². The zero-order chi connectivity index (χ0) is 37.5. The Morgan fingerprint density at radius 1 is 0.885 bits per heavy atom. The average Bonchev–Trinajstić information content (AvgIpc) is 3.09. The lowest BCUT2D eigenvalue weighted by molar-refractivity contribution is -0.116. The van der Waals surface area contributed by atoms with Crippen LogP contribution in [-0.2, 0) is 22.2 Å². The van der Waals surface area contributed by atoms with Crippen LogP contribution in [0.1, 0.15) is 56.4 Å². The number of aryl methyl sites for hydroxylation is 1. The van der Waals surface area contributed by atoms with Crippen molar-refractivity contribution >= 4 is 42.6 Å². The predicted molar refractivity (Wildman–Crippen MR) is 210 cm³/mol. The number of carboxylic acid groups (broad SMARTS) is 1. The van der Waals surface area contributed by atoms with Gasteiger partial charge in [0.1, 0.15) is 5.75 Å². The van der Waals surface area contributed by atoms with E-state index in [0.717, 1.165) is 33.2 Å². The molecule has 11 heteroatoms. The highest BCUT2D eigenvalue weighted by Gasteiger charge is 2.39. The number of aromatic hydroxyl groups is 1. The summed E-state index contributed by atoms with van der Waals surface area (Å²) in [7, 11) is -2.21. The second-order valence-electron chi connectivity index (χ2n) is 14.6. The van der Waals surface area contributed by atoms with E-state index < -0.39 is 14.4 Å². The maximum atomic E-state index is 12.8. The van der Waals surface area contributed by atoms with Crippen molar-refractivity contribution in [2.75, 3.05) is 17.2 Å². The average molecular weight is 721 g/mol. The van der Waals surface area contributed by atoms with Crippen LogP contribution in [0.5, 0.6) is 5.75 Å². The molecule has 272 valence electrons. The highest BCUT2D eigenvalue weighted by Crippen LogP contribution is 2.41. The molecule has 0 aliphatic rings. The van der Waals surface area contributed by atoms with Gasteiger partial charge in [0.05, 0.1) is 17.3 Å². The number of phenols is 1. The number of aromatic amines is 1. The van der Waals surface area contributed by atoms with Crippen LogP contribution < -0.4 is 21.5 Å². The Morgan fingerprint density at radius 3 is 2.29 bits per heavy atom. The Kier molecular flexibility index (Phi) is 12.0. The third kappa shape index (κ3) is 9.75. The van der Waals surface area contributed by atoms with Gasteiger partial charge in [-0.25, -0.2) is 4.79 Å². The summed E-state index contributed by atoms with van der Waals surface area (Å²) in [6, 6.07) is 29.6. The Labute approximate surface area is 305 Å². The fourth-order valence-electron chi connectivity index (χ4n) is 5.85. The number of H-pyrrole nitrogens is 1. The maximum Gasteiger partial charge on any atom is 0.409 e. The summed E-state index contributed by atoms with van der Waals surface area (Å²) in [4.78, 5) is 38.9. The van der Waals surface area contributed by atoms with Crippen LogP contribution in [0.4, 0.5) is 16.2 Å². The second kappa shape index (κ2) is 16.4. The molecular weight excluding hydrogens is 673 g/mol. The van der Waals surface area contributed by atoms with Crippen molar-refractivity contribution in [2.24, 2.45) is 0 Å². The molecule has 0 saturated carbocycles. The summed E-state index contributed by atoms with van der Waals surface area (Å²) in [5.74, 6) is -0.0615. The Morgan fingerprint density at radius 2 is 1.60 bits per heavy atom. The van der Waals surface area contributed by atoms with E-state index in [4.69, 9.17) is 4.43 Å². The van der Waals surface area contributed by atoms with Crippen molar-refractivity contribution < 1.29 is 24.2 Å². The van der Waals surface area contributed by atoms with Gasteiger partial charge in [0.15, 0.2) is 8.32 Å². The molecule has 0 aliphatic heterocycles. The van der Waals surface area contributed by atoms with Crippen LogP contribution in [0.15, 0.2) is 102 Å². The number of phenolic OH excluding ortho intramolecular Hbond substituents is 1. The van der Waals surface area contributed by atoms with E-state index in [1.54, 1.807) is 18.2 Å². The molecule has 52 heavy (non-hydrogen) atoms. The molecule has 0 unspecified atom stereocenters. The molecular formula is C41H48N4O6Si. The number of nitrogens with one attached hydrogen (secondary N) is 4. The number of carbonyl (C=O) groups excluding carboxylic acids is 1. The normalized spacial score (nSPS) is 12.4. The number of aromatic nitrogens is 1. The zero-order valence-corrected chi connectivity index (χ0v) is 31.4. The standard InChI is InChI=1S/C41H48N4O6Si/c1-41(2,3)52(4,5)51-36(31-19-22-35(46)39-32(31)20-23-38(48)45-39)26-42-25-28-14-17-30(18-15-28)43-37(47)13-9-10-27-16-21-34(44-40(49)50)33(24-27)29-11-7-6-8-12-29/h6-8,11-12,14-24,36,42,44,46H,9-10,13,25-26H2,1-5H3,(H,43,47)(H,45,48)(H,49,50)/t36-/m0/s1. The molecule has 1 aromatic heterocycles. The molecule has 10 nitrogen and oxygen atoms in total. The van der Waals surface area contributed by atoms with E-state index in [0.29, 0.717) is 49.2 Å². The van der Waals surface area contributed by atoms with Crippen molar-refractivity contribution in [3.05, 3.63) is 124 Å². The smallest absolute Gasteiger partial charge is 0.409 e. The SMILES string of the molecule is CC(C)(C)[Si](C)(C)O[C@@H](CNCc1ccc(NC(=O)CCCc2ccc(NC(=O)O)c(-c3ccccc3)c2)cc1)c1ccc(O)c2[nH]c(=O)ccc12. The number of benzene rings is 4. The first kappa shape index (κ1) is 38.0. The number of fused-ring (bicyclic) bond motifs is 1. The number of hydrogen-bond donors (Lipinski definition) is 6. The lowest BCUT2D eigenvalue weighted by Gasteiger charge is -2.39. The largest absolute Gasteiger partial charge is 0.506 e. The monoisotopic (exact) mass is 720 g/mol. The molecule has 1 atom stereocenters. The van der Waals surface area contributed by atoms with E-state index in [-0.39, 0.29) is 28.4 Å². The minimum Gasteiger partial charge on any atom is -0.506 e. The van der Waals surface area contributed by atoms with Crippen molar-refractivity contribution in [3.8, 4) is 16.9 Å². The highest BCUT2D eigenvalue weighted by atomic mass is 28.4. The van der Waals surface area contributed by atoms with Crippen LogP contribution in [0, 0.1) is 0 Å². The summed E-state index contributed by atoms with van der Waals surface area (Å²) < 4.78 is 6.90. The van der Waals surface area contributed by atoms with E-state index >= 15 is 0 Å². The minimum absolute atomic E-state index is 0.0159. The zero-order valence-electron chi connectivity index (χ0n) is 30.4. The molecule has 0 aliphatic carbocycles. The summed E-state index contributed by atoms with van der Waals surface area (Å²) in [5.41, 5.74) is 6.01. The molecule has 2 amide bonds. The molecule has 0 radical (unpaired) electrons. The number of carbonyl (C=O) groups is 2. The van der Waals surface area contributed by atoms with Crippen molar-refractivity contribution in [1.29, 1.82) is 0 Å². The molecule has 5 aromatic rings. The third-order valence-corrected chi connectivity index (χ3v) is 14.2.